The van der Waals surface area contributed by atoms with E-state index in [9.17, 15) is 4.79 Å². The zero-order valence-corrected chi connectivity index (χ0v) is 9.11. The minimum Gasteiger partial charge on any atom is -0.497 e. The third-order valence-corrected chi connectivity index (χ3v) is 1.77. The van der Waals surface area contributed by atoms with Crippen LogP contribution in [0.15, 0.2) is 18.2 Å². The average molecular weight is 209 g/mol. The predicted octanol–water partition coefficient (Wildman–Crippen LogP) is 2.05. The molecule has 1 rings (SSSR count). The molecule has 0 heterocycles. The van der Waals surface area contributed by atoms with Gasteiger partial charge in [-0.25, -0.2) is 0 Å². The van der Waals surface area contributed by atoms with E-state index in [1.165, 1.54) is 0 Å². The van der Waals surface area contributed by atoms with E-state index in [1.807, 2.05) is 13.8 Å². The SMILES string of the molecule is COc1ccc(NC=O)c(OC(C)C)c1. The van der Waals surface area contributed by atoms with E-state index in [4.69, 9.17) is 9.47 Å². The molecule has 1 aromatic carbocycles. The quantitative estimate of drug-likeness (QED) is 0.755. The number of rotatable bonds is 5. The molecule has 1 amide bonds. The van der Waals surface area contributed by atoms with Crippen LogP contribution in [-0.2, 0) is 4.79 Å². The third kappa shape index (κ3) is 3.16. The fraction of sp³-hybridized carbons (Fsp3) is 0.364. The number of ether oxygens (including phenoxy) is 2. The Bertz CT molecular complexity index is 337. The number of carbonyl (C=O) groups is 1. The first-order chi connectivity index (χ1) is 7.17. The molecule has 0 saturated heterocycles. The van der Waals surface area contributed by atoms with Gasteiger partial charge in [0.25, 0.3) is 0 Å². The summed E-state index contributed by atoms with van der Waals surface area (Å²) >= 11 is 0. The molecule has 0 aliphatic rings. The van der Waals surface area contributed by atoms with Gasteiger partial charge in [0.05, 0.1) is 18.9 Å². The van der Waals surface area contributed by atoms with Gasteiger partial charge in [-0.2, -0.15) is 0 Å². The topological polar surface area (TPSA) is 47.6 Å². The van der Waals surface area contributed by atoms with Crippen LogP contribution in [0.4, 0.5) is 5.69 Å². The highest BCUT2D eigenvalue weighted by molar-refractivity contribution is 5.76. The fourth-order valence-electron chi connectivity index (χ4n) is 1.16. The number of hydrogen-bond acceptors (Lipinski definition) is 3. The number of nitrogens with one attached hydrogen (secondary N) is 1. The summed E-state index contributed by atoms with van der Waals surface area (Å²) in [5.41, 5.74) is 0.638. The number of methoxy groups -OCH3 is 1. The van der Waals surface area contributed by atoms with Crippen molar-refractivity contribution < 1.29 is 14.3 Å². The fourth-order valence-corrected chi connectivity index (χ4v) is 1.16. The molecule has 0 aromatic heterocycles. The summed E-state index contributed by atoms with van der Waals surface area (Å²) in [5, 5.41) is 2.57. The summed E-state index contributed by atoms with van der Waals surface area (Å²) in [7, 11) is 1.58. The van der Waals surface area contributed by atoms with Gasteiger partial charge >= 0.3 is 0 Å². The Morgan fingerprint density at radius 1 is 1.40 bits per heavy atom. The van der Waals surface area contributed by atoms with Gasteiger partial charge in [0.2, 0.25) is 6.41 Å². The normalized spacial score (nSPS) is 9.87. The Morgan fingerprint density at radius 2 is 2.13 bits per heavy atom. The number of amides is 1. The van der Waals surface area contributed by atoms with Crippen molar-refractivity contribution in [2.75, 3.05) is 12.4 Å². The maximum Gasteiger partial charge on any atom is 0.211 e. The van der Waals surface area contributed by atoms with E-state index in [2.05, 4.69) is 5.32 Å². The lowest BCUT2D eigenvalue weighted by Crippen LogP contribution is -2.08. The van der Waals surface area contributed by atoms with Crippen molar-refractivity contribution in [3.8, 4) is 11.5 Å². The van der Waals surface area contributed by atoms with Gasteiger partial charge in [-0.3, -0.25) is 4.79 Å². The van der Waals surface area contributed by atoms with Gasteiger partial charge in [0, 0.05) is 6.07 Å². The van der Waals surface area contributed by atoms with Crippen LogP contribution in [0.2, 0.25) is 0 Å². The molecular formula is C11H15NO3. The molecule has 4 heteroatoms. The lowest BCUT2D eigenvalue weighted by atomic mass is 10.2. The lowest BCUT2D eigenvalue weighted by molar-refractivity contribution is -0.105. The Balaban J connectivity index is 2.98. The van der Waals surface area contributed by atoms with Crippen LogP contribution in [0, 0.1) is 0 Å². The Kier molecular flexibility index (Phi) is 3.97. The number of benzene rings is 1. The molecule has 0 unspecified atom stereocenters. The van der Waals surface area contributed by atoms with Crippen molar-refractivity contribution in [2.45, 2.75) is 20.0 Å². The highest BCUT2D eigenvalue weighted by Crippen LogP contribution is 2.29. The van der Waals surface area contributed by atoms with Crippen LogP contribution < -0.4 is 14.8 Å². The summed E-state index contributed by atoms with van der Waals surface area (Å²) in [6.45, 7) is 3.84. The van der Waals surface area contributed by atoms with Gasteiger partial charge in [0.1, 0.15) is 11.5 Å². The van der Waals surface area contributed by atoms with Crippen LogP contribution >= 0.6 is 0 Å². The lowest BCUT2D eigenvalue weighted by Gasteiger charge is -2.14. The van der Waals surface area contributed by atoms with Crippen molar-refractivity contribution in [1.29, 1.82) is 0 Å². The van der Waals surface area contributed by atoms with Gasteiger partial charge in [-0.1, -0.05) is 0 Å². The van der Waals surface area contributed by atoms with Crippen LogP contribution in [0.5, 0.6) is 11.5 Å². The van der Waals surface area contributed by atoms with E-state index in [0.29, 0.717) is 23.6 Å². The van der Waals surface area contributed by atoms with Crippen LogP contribution in [0.1, 0.15) is 13.8 Å². The Labute approximate surface area is 89.2 Å². The molecule has 4 nitrogen and oxygen atoms in total. The predicted molar refractivity (Wildman–Crippen MR) is 58.4 cm³/mol. The minimum atomic E-state index is 0.0457. The van der Waals surface area contributed by atoms with Crippen molar-refractivity contribution >= 4 is 12.1 Å². The van der Waals surface area contributed by atoms with Gasteiger partial charge < -0.3 is 14.8 Å². The smallest absolute Gasteiger partial charge is 0.211 e. The molecule has 1 aromatic rings. The zero-order valence-electron chi connectivity index (χ0n) is 9.11. The molecule has 82 valence electrons. The van der Waals surface area contributed by atoms with Gasteiger partial charge in [-0.05, 0) is 26.0 Å². The Hall–Kier alpha value is -1.71. The van der Waals surface area contributed by atoms with E-state index in [1.54, 1.807) is 25.3 Å². The monoisotopic (exact) mass is 209 g/mol. The molecule has 0 atom stereocenters. The molecule has 1 N–H and O–H groups in total. The van der Waals surface area contributed by atoms with Crippen LogP contribution in [-0.4, -0.2) is 19.6 Å². The number of carbonyl (C=O) groups excluding carboxylic acids is 1. The first-order valence-corrected chi connectivity index (χ1v) is 4.72. The summed E-state index contributed by atoms with van der Waals surface area (Å²) in [5.74, 6) is 1.30. The van der Waals surface area contributed by atoms with Crippen molar-refractivity contribution in [3.63, 3.8) is 0 Å². The van der Waals surface area contributed by atoms with Crippen LogP contribution in [0.25, 0.3) is 0 Å². The maximum atomic E-state index is 10.4. The average Bonchev–Trinajstić information content (AvgIpc) is 2.20. The van der Waals surface area contributed by atoms with Gasteiger partial charge in [-0.15, -0.1) is 0 Å². The highest BCUT2D eigenvalue weighted by Gasteiger charge is 2.06. The largest absolute Gasteiger partial charge is 0.497 e. The van der Waals surface area contributed by atoms with E-state index in [0.717, 1.165) is 0 Å². The number of anilines is 1. The zero-order chi connectivity index (χ0) is 11.3. The molecule has 0 bridgehead atoms. The molecule has 0 fully saturated rings. The summed E-state index contributed by atoms with van der Waals surface area (Å²) in [6.07, 6.45) is 0.666. The second-order valence-corrected chi connectivity index (χ2v) is 3.29. The van der Waals surface area contributed by atoms with E-state index in [-0.39, 0.29) is 6.10 Å². The molecule has 0 aliphatic carbocycles. The minimum absolute atomic E-state index is 0.0457. The summed E-state index contributed by atoms with van der Waals surface area (Å²) < 4.78 is 10.6. The van der Waals surface area contributed by atoms with Crippen molar-refractivity contribution in [2.24, 2.45) is 0 Å². The summed E-state index contributed by atoms with van der Waals surface area (Å²) in [6, 6.07) is 5.25. The second kappa shape index (κ2) is 5.24. The maximum absolute atomic E-state index is 10.4. The first-order valence-electron chi connectivity index (χ1n) is 4.72. The van der Waals surface area contributed by atoms with E-state index >= 15 is 0 Å². The first kappa shape index (κ1) is 11.4. The van der Waals surface area contributed by atoms with Crippen molar-refractivity contribution in [3.05, 3.63) is 18.2 Å². The molecule has 0 radical (unpaired) electrons. The molecule has 0 aliphatic heterocycles. The van der Waals surface area contributed by atoms with Gasteiger partial charge in [0.15, 0.2) is 0 Å². The summed E-state index contributed by atoms with van der Waals surface area (Å²) in [4.78, 5) is 10.4. The third-order valence-electron chi connectivity index (χ3n) is 1.77. The van der Waals surface area contributed by atoms with E-state index < -0.39 is 0 Å². The molecule has 0 spiro atoms. The second-order valence-electron chi connectivity index (χ2n) is 3.29. The molecule has 0 saturated carbocycles. The van der Waals surface area contributed by atoms with Crippen LogP contribution in [0.3, 0.4) is 0 Å². The Morgan fingerprint density at radius 3 is 2.67 bits per heavy atom. The highest BCUT2D eigenvalue weighted by atomic mass is 16.5. The van der Waals surface area contributed by atoms with Crippen molar-refractivity contribution in [1.82, 2.24) is 0 Å². The standard InChI is InChI=1S/C11H15NO3/c1-8(2)15-11-6-9(14-3)4-5-10(11)12-7-13/h4-8H,1-3H3,(H,12,13). The number of hydrogen-bond donors (Lipinski definition) is 1. The molecular weight excluding hydrogens is 194 g/mol. The molecule has 15 heavy (non-hydrogen) atoms.